The standard InChI is InChI=1S/C22H27N7O3/c1-3-31-15-8-7-14-20(30)24-19-13-9-12-18(23-19)16-32-26-21(17-10-5-4-6-11-17)22-25-27-28-29(22)2/h4-6,9-13H,3,7-8,14-16H2,1-2H3,(H,23,24,30). The fourth-order valence-corrected chi connectivity index (χ4v) is 2.88. The van der Waals surface area contributed by atoms with Crippen LogP contribution in [0.5, 0.6) is 0 Å². The molecule has 0 saturated carbocycles. The molecule has 10 heteroatoms. The number of nitrogens with one attached hydrogen (secondary N) is 1. The van der Waals surface area contributed by atoms with E-state index in [4.69, 9.17) is 9.57 Å². The molecular formula is C22H27N7O3. The Morgan fingerprint density at radius 1 is 1.12 bits per heavy atom. The van der Waals surface area contributed by atoms with Crippen molar-refractivity contribution in [2.75, 3.05) is 18.5 Å². The zero-order chi connectivity index (χ0) is 22.6. The summed E-state index contributed by atoms with van der Waals surface area (Å²) in [5, 5.41) is 18.6. The summed E-state index contributed by atoms with van der Waals surface area (Å²) in [7, 11) is 1.73. The van der Waals surface area contributed by atoms with E-state index in [0.717, 1.165) is 18.4 Å². The first-order chi connectivity index (χ1) is 15.7. The van der Waals surface area contributed by atoms with E-state index in [1.165, 1.54) is 4.68 Å². The number of anilines is 1. The number of aromatic nitrogens is 5. The van der Waals surface area contributed by atoms with Crippen LogP contribution in [0.15, 0.2) is 53.7 Å². The molecule has 0 saturated heterocycles. The third kappa shape index (κ3) is 6.95. The van der Waals surface area contributed by atoms with Crippen LogP contribution < -0.4 is 5.32 Å². The van der Waals surface area contributed by atoms with Gasteiger partial charge in [0, 0.05) is 32.2 Å². The number of tetrazole rings is 1. The lowest BCUT2D eigenvalue weighted by Crippen LogP contribution is -2.13. The molecule has 168 valence electrons. The fraction of sp³-hybridized carbons (Fsp3) is 0.364. The van der Waals surface area contributed by atoms with Crippen LogP contribution >= 0.6 is 0 Å². The average Bonchev–Trinajstić information content (AvgIpc) is 3.23. The molecule has 32 heavy (non-hydrogen) atoms. The molecule has 2 aromatic heterocycles. The SMILES string of the molecule is CCOCCCCC(=O)Nc1cccc(CON=C(c2ccccc2)c2nnnn2C)n1. The van der Waals surface area contributed by atoms with Crippen molar-refractivity contribution in [3.8, 4) is 0 Å². The zero-order valence-corrected chi connectivity index (χ0v) is 18.3. The molecular weight excluding hydrogens is 410 g/mol. The molecule has 0 atom stereocenters. The van der Waals surface area contributed by atoms with Crippen molar-refractivity contribution in [2.45, 2.75) is 32.8 Å². The maximum atomic E-state index is 12.1. The summed E-state index contributed by atoms with van der Waals surface area (Å²) in [6.07, 6.45) is 2.04. The third-order valence-corrected chi connectivity index (χ3v) is 4.47. The third-order valence-electron chi connectivity index (χ3n) is 4.47. The minimum absolute atomic E-state index is 0.0776. The van der Waals surface area contributed by atoms with Crippen LogP contribution in [0.2, 0.25) is 0 Å². The van der Waals surface area contributed by atoms with Crippen molar-refractivity contribution in [3.05, 3.63) is 65.6 Å². The molecule has 3 rings (SSSR count). The van der Waals surface area contributed by atoms with Gasteiger partial charge in [-0.05, 0) is 42.3 Å². The van der Waals surface area contributed by atoms with Gasteiger partial charge in [-0.25, -0.2) is 9.67 Å². The number of carbonyl (C=O) groups is 1. The van der Waals surface area contributed by atoms with Gasteiger partial charge in [0.25, 0.3) is 0 Å². The van der Waals surface area contributed by atoms with E-state index in [0.29, 0.717) is 42.7 Å². The van der Waals surface area contributed by atoms with Gasteiger partial charge in [0.2, 0.25) is 11.7 Å². The molecule has 10 nitrogen and oxygen atoms in total. The molecule has 0 aliphatic carbocycles. The van der Waals surface area contributed by atoms with Gasteiger partial charge < -0.3 is 14.9 Å². The van der Waals surface area contributed by atoms with Gasteiger partial charge in [-0.2, -0.15) is 0 Å². The molecule has 1 N–H and O–H groups in total. The summed E-state index contributed by atoms with van der Waals surface area (Å²) in [4.78, 5) is 22.1. The highest BCUT2D eigenvalue weighted by Crippen LogP contribution is 2.11. The van der Waals surface area contributed by atoms with Crippen molar-refractivity contribution < 1.29 is 14.4 Å². The van der Waals surface area contributed by atoms with Gasteiger partial charge in [-0.15, -0.1) is 5.10 Å². The normalized spacial score (nSPS) is 11.4. The van der Waals surface area contributed by atoms with Gasteiger partial charge in [-0.3, -0.25) is 4.79 Å². The Balaban J connectivity index is 1.59. The quantitative estimate of drug-likeness (QED) is 0.263. The monoisotopic (exact) mass is 437 g/mol. The number of hydrogen-bond donors (Lipinski definition) is 1. The minimum Gasteiger partial charge on any atom is -0.389 e. The number of rotatable bonds is 12. The molecule has 0 unspecified atom stereocenters. The molecule has 0 spiro atoms. The lowest BCUT2D eigenvalue weighted by molar-refractivity contribution is -0.116. The van der Waals surface area contributed by atoms with E-state index in [2.05, 4.69) is 31.0 Å². The Bertz CT molecular complexity index is 1020. The second-order valence-electron chi connectivity index (χ2n) is 6.92. The van der Waals surface area contributed by atoms with Crippen molar-refractivity contribution in [3.63, 3.8) is 0 Å². The number of unbranched alkanes of at least 4 members (excludes halogenated alkanes) is 1. The molecule has 0 radical (unpaired) electrons. The maximum Gasteiger partial charge on any atom is 0.225 e. The predicted octanol–water partition coefficient (Wildman–Crippen LogP) is 2.72. The number of aryl methyl sites for hydroxylation is 1. The molecule has 0 fully saturated rings. The Labute approximate surface area is 186 Å². The van der Waals surface area contributed by atoms with Gasteiger partial charge in [0.05, 0.1) is 5.69 Å². The van der Waals surface area contributed by atoms with E-state index in [1.807, 2.05) is 43.3 Å². The van der Waals surface area contributed by atoms with Gasteiger partial charge in [0.1, 0.15) is 5.82 Å². The smallest absolute Gasteiger partial charge is 0.225 e. The number of ether oxygens (including phenoxy) is 1. The summed E-state index contributed by atoms with van der Waals surface area (Å²) in [6.45, 7) is 3.44. The highest BCUT2D eigenvalue weighted by molar-refractivity contribution is 6.10. The molecule has 1 amide bonds. The van der Waals surface area contributed by atoms with Gasteiger partial charge in [-0.1, -0.05) is 41.6 Å². The second-order valence-corrected chi connectivity index (χ2v) is 6.92. The number of amides is 1. The summed E-state index contributed by atoms with van der Waals surface area (Å²) >= 11 is 0. The van der Waals surface area contributed by atoms with E-state index in [-0.39, 0.29) is 12.5 Å². The molecule has 0 aliphatic rings. The van der Waals surface area contributed by atoms with Crippen LogP contribution in [0.3, 0.4) is 0 Å². The van der Waals surface area contributed by atoms with Crippen LogP contribution in [-0.4, -0.2) is 50.0 Å². The van der Waals surface area contributed by atoms with Crippen molar-refractivity contribution in [1.29, 1.82) is 0 Å². The Morgan fingerprint density at radius 3 is 2.72 bits per heavy atom. The number of nitrogens with zero attached hydrogens (tertiary/aromatic N) is 6. The van der Waals surface area contributed by atoms with Crippen LogP contribution in [-0.2, 0) is 28.0 Å². The van der Waals surface area contributed by atoms with Crippen molar-refractivity contribution in [2.24, 2.45) is 12.2 Å². The lowest BCUT2D eigenvalue weighted by Gasteiger charge is -2.08. The van der Waals surface area contributed by atoms with E-state index in [1.54, 1.807) is 19.2 Å². The highest BCUT2D eigenvalue weighted by Gasteiger charge is 2.15. The number of hydrogen-bond acceptors (Lipinski definition) is 8. The summed E-state index contributed by atoms with van der Waals surface area (Å²) in [6, 6.07) is 14.9. The second kappa shape index (κ2) is 12.3. The zero-order valence-electron chi connectivity index (χ0n) is 18.3. The Hall–Kier alpha value is -3.66. The van der Waals surface area contributed by atoms with Gasteiger partial charge in [0.15, 0.2) is 12.3 Å². The highest BCUT2D eigenvalue weighted by atomic mass is 16.6. The van der Waals surface area contributed by atoms with E-state index < -0.39 is 0 Å². The molecule has 0 bridgehead atoms. The van der Waals surface area contributed by atoms with E-state index >= 15 is 0 Å². The van der Waals surface area contributed by atoms with Crippen molar-refractivity contribution in [1.82, 2.24) is 25.2 Å². The van der Waals surface area contributed by atoms with Crippen LogP contribution in [0.25, 0.3) is 0 Å². The van der Waals surface area contributed by atoms with Crippen LogP contribution in [0.4, 0.5) is 5.82 Å². The topological polar surface area (TPSA) is 116 Å². The average molecular weight is 438 g/mol. The number of pyridine rings is 1. The first kappa shape index (κ1) is 23.0. The molecule has 2 heterocycles. The number of carbonyl (C=O) groups excluding carboxylic acids is 1. The minimum atomic E-state index is -0.0776. The first-order valence-corrected chi connectivity index (χ1v) is 10.5. The first-order valence-electron chi connectivity index (χ1n) is 10.5. The summed E-state index contributed by atoms with van der Waals surface area (Å²) in [5.74, 6) is 0.881. The molecule has 3 aromatic rings. The van der Waals surface area contributed by atoms with Crippen LogP contribution in [0, 0.1) is 0 Å². The molecule has 0 aliphatic heterocycles. The van der Waals surface area contributed by atoms with Crippen molar-refractivity contribution >= 4 is 17.4 Å². The Kier molecular flexibility index (Phi) is 8.81. The molecule has 1 aromatic carbocycles. The summed E-state index contributed by atoms with van der Waals surface area (Å²) in [5.41, 5.74) is 1.96. The lowest BCUT2D eigenvalue weighted by atomic mass is 10.1. The van der Waals surface area contributed by atoms with E-state index in [9.17, 15) is 4.79 Å². The predicted molar refractivity (Wildman–Crippen MR) is 119 cm³/mol. The Morgan fingerprint density at radius 2 is 1.97 bits per heavy atom. The van der Waals surface area contributed by atoms with Gasteiger partial charge >= 0.3 is 0 Å². The number of benzene rings is 1. The fourth-order valence-electron chi connectivity index (χ4n) is 2.88. The summed E-state index contributed by atoms with van der Waals surface area (Å²) < 4.78 is 6.81. The van der Waals surface area contributed by atoms with Crippen LogP contribution in [0.1, 0.15) is 43.3 Å². The maximum absolute atomic E-state index is 12.1. The number of oxime groups is 1. The largest absolute Gasteiger partial charge is 0.389 e.